The van der Waals surface area contributed by atoms with Crippen molar-refractivity contribution < 1.29 is 10.2 Å². The second-order valence-corrected chi connectivity index (χ2v) is 3.83. The van der Waals surface area contributed by atoms with Crippen molar-refractivity contribution in [3.63, 3.8) is 0 Å². The van der Waals surface area contributed by atoms with Crippen LogP contribution >= 0.6 is 11.6 Å². The molecule has 0 radical (unpaired) electrons. The maximum absolute atomic E-state index is 11.4. The first-order valence-electron chi connectivity index (χ1n) is 4.67. The zero-order valence-electron chi connectivity index (χ0n) is 8.40. The maximum Gasteiger partial charge on any atom is 0.253 e. The van der Waals surface area contributed by atoms with Crippen molar-refractivity contribution in [2.24, 2.45) is 0 Å². The summed E-state index contributed by atoms with van der Waals surface area (Å²) in [5.74, 6) is 0.238. The first kappa shape index (κ1) is 12.2. The van der Waals surface area contributed by atoms with E-state index in [1.807, 2.05) is 0 Å². The van der Waals surface area contributed by atoms with Crippen LogP contribution in [-0.2, 0) is 0 Å². The van der Waals surface area contributed by atoms with Gasteiger partial charge in [-0.3, -0.25) is 4.79 Å². The SMILES string of the molecule is Cc1c[nH]c(=O)c(C(O)C(O)CCCl)c1. The highest BCUT2D eigenvalue weighted by molar-refractivity contribution is 6.17. The monoisotopic (exact) mass is 231 g/mol. The number of H-pyrrole nitrogens is 1. The van der Waals surface area contributed by atoms with Gasteiger partial charge in [0.2, 0.25) is 0 Å². The lowest BCUT2D eigenvalue weighted by Gasteiger charge is -2.16. The summed E-state index contributed by atoms with van der Waals surface area (Å²) in [7, 11) is 0. The van der Waals surface area contributed by atoms with Crippen molar-refractivity contribution in [1.82, 2.24) is 4.98 Å². The first-order chi connectivity index (χ1) is 7.06. The lowest BCUT2D eigenvalue weighted by molar-refractivity contribution is 0.0161. The molecular weight excluding hydrogens is 218 g/mol. The second kappa shape index (κ2) is 5.30. The van der Waals surface area contributed by atoms with Gasteiger partial charge in [0.1, 0.15) is 6.10 Å². The van der Waals surface area contributed by atoms with E-state index in [4.69, 9.17) is 11.6 Å². The van der Waals surface area contributed by atoms with Gasteiger partial charge in [-0.25, -0.2) is 0 Å². The molecule has 1 heterocycles. The number of pyridine rings is 1. The fraction of sp³-hybridized carbons (Fsp3) is 0.500. The van der Waals surface area contributed by atoms with E-state index in [1.54, 1.807) is 19.2 Å². The van der Waals surface area contributed by atoms with Crippen molar-refractivity contribution in [3.05, 3.63) is 33.7 Å². The number of aromatic amines is 1. The Balaban J connectivity index is 2.94. The van der Waals surface area contributed by atoms with Gasteiger partial charge in [-0.15, -0.1) is 11.6 Å². The second-order valence-electron chi connectivity index (χ2n) is 3.45. The maximum atomic E-state index is 11.4. The van der Waals surface area contributed by atoms with E-state index in [9.17, 15) is 15.0 Å². The van der Waals surface area contributed by atoms with Gasteiger partial charge < -0.3 is 15.2 Å². The van der Waals surface area contributed by atoms with Crippen LogP contribution in [0.25, 0.3) is 0 Å². The van der Waals surface area contributed by atoms with E-state index in [0.29, 0.717) is 0 Å². The standard InChI is InChI=1S/C10H14ClNO3/c1-6-4-7(10(15)12-5-6)9(14)8(13)2-3-11/h4-5,8-9,13-14H,2-3H2,1H3,(H,12,15). The number of hydrogen-bond donors (Lipinski definition) is 3. The average molecular weight is 232 g/mol. The molecule has 1 rings (SSSR count). The third kappa shape index (κ3) is 3.06. The number of rotatable bonds is 4. The Hall–Kier alpha value is -0.840. The van der Waals surface area contributed by atoms with Crippen molar-refractivity contribution >= 4 is 11.6 Å². The average Bonchev–Trinajstić information content (AvgIpc) is 2.21. The minimum Gasteiger partial charge on any atom is -0.390 e. The van der Waals surface area contributed by atoms with E-state index in [0.717, 1.165) is 5.56 Å². The van der Waals surface area contributed by atoms with E-state index >= 15 is 0 Å². The zero-order valence-corrected chi connectivity index (χ0v) is 9.16. The Bertz CT molecular complexity index is 377. The van der Waals surface area contributed by atoms with E-state index in [2.05, 4.69) is 4.98 Å². The van der Waals surface area contributed by atoms with Crippen LogP contribution in [0.1, 0.15) is 23.7 Å². The molecule has 0 aliphatic carbocycles. The number of alkyl halides is 1. The lowest BCUT2D eigenvalue weighted by atomic mass is 10.0. The smallest absolute Gasteiger partial charge is 0.253 e. The van der Waals surface area contributed by atoms with Crippen molar-refractivity contribution in [2.75, 3.05) is 5.88 Å². The fourth-order valence-corrected chi connectivity index (χ4v) is 1.54. The molecule has 0 amide bonds. The van der Waals surface area contributed by atoms with Gasteiger partial charge in [-0.05, 0) is 25.0 Å². The molecule has 0 aliphatic heterocycles. The van der Waals surface area contributed by atoms with Crippen LogP contribution in [0.3, 0.4) is 0 Å². The quantitative estimate of drug-likeness (QED) is 0.668. The molecule has 0 aromatic carbocycles. The van der Waals surface area contributed by atoms with Crippen LogP contribution in [0, 0.1) is 6.92 Å². The van der Waals surface area contributed by atoms with Gasteiger partial charge in [-0.2, -0.15) is 0 Å². The highest BCUT2D eigenvalue weighted by Crippen LogP contribution is 2.16. The number of hydrogen-bond acceptors (Lipinski definition) is 3. The molecule has 0 aliphatic rings. The van der Waals surface area contributed by atoms with Crippen LogP contribution in [0.2, 0.25) is 0 Å². The molecule has 15 heavy (non-hydrogen) atoms. The summed E-state index contributed by atoms with van der Waals surface area (Å²) in [4.78, 5) is 13.8. The predicted octanol–water partition coefficient (Wildman–Crippen LogP) is 0.707. The third-order valence-electron chi connectivity index (χ3n) is 2.16. The normalized spacial score (nSPS) is 14.9. The van der Waals surface area contributed by atoms with Crippen LogP contribution in [-0.4, -0.2) is 27.2 Å². The molecule has 2 unspecified atom stereocenters. The number of aryl methyl sites for hydroxylation is 1. The molecule has 0 fully saturated rings. The minimum absolute atomic E-state index is 0.174. The molecule has 0 spiro atoms. The molecule has 0 saturated heterocycles. The number of nitrogens with one attached hydrogen (secondary N) is 1. The molecule has 0 bridgehead atoms. The van der Waals surface area contributed by atoms with E-state index < -0.39 is 12.2 Å². The molecule has 84 valence electrons. The highest BCUT2D eigenvalue weighted by atomic mass is 35.5. The number of aromatic nitrogens is 1. The zero-order chi connectivity index (χ0) is 11.4. The Morgan fingerprint density at radius 3 is 2.80 bits per heavy atom. The van der Waals surface area contributed by atoms with Crippen LogP contribution in [0.5, 0.6) is 0 Å². The van der Waals surface area contributed by atoms with Crippen LogP contribution in [0.4, 0.5) is 0 Å². The van der Waals surface area contributed by atoms with Crippen molar-refractivity contribution in [1.29, 1.82) is 0 Å². The number of halogens is 1. The molecule has 4 nitrogen and oxygen atoms in total. The van der Waals surface area contributed by atoms with Crippen LogP contribution < -0.4 is 5.56 Å². The Kier molecular flexibility index (Phi) is 4.32. The largest absolute Gasteiger partial charge is 0.390 e. The summed E-state index contributed by atoms with van der Waals surface area (Å²) in [5.41, 5.74) is 0.607. The Morgan fingerprint density at radius 1 is 1.53 bits per heavy atom. The van der Waals surface area contributed by atoms with Gasteiger partial charge >= 0.3 is 0 Å². The van der Waals surface area contributed by atoms with E-state index in [-0.39, 0.29) is 23.4 Å². The van der Waals surface area contributed by atoms with Crippen molar-refractivity contribution in [2.45, 2.75) is 25.6 Å². The molecule has 3 N–H and O–H groups in total. The lowest BCUT2D eigenvalue weighted by Crippen LogP contribution is -2.25. The van der Waals surface area contributed by atoms with Crippen LogP contribution in [0.15, 0.2) is 17.1 Å². The third-order valence-corrected chi connectivity index (χ3v) is 2.38. The van der Waals surface area contributed by atoms with Gasteiger partial charge in [0.25, 0.3) is 5.56 Å². The summed E-state index contributed by atoms with van der Waals surface area (Å²) >= 11 is 5.44. The van der Waals surface area contributed by atoms with Gasteiger partial charge in [0.15, 0.2) is 0 Å². The topological polar surface area (TPSA) is 73.3 Å². The van der Waals surface area contributed by atoms with Gasteiger partial charge in [0, 0.05) is 17.6 Å². The Labute approximate surface area is 92.5 Å². The summed E-state index contributed by atoms with van der Waals surface area (Å²) in [6.07, 6.45) is -0.402. The van der Waals surface area contributed by atoms with Crippen molar-refractivity contribution in [3.8, 4) is 0 Å². The molecule has 2 atom stereocenters. The van der Waals surface area contributed by atoms with Gasteiger partial charge in [-0.1, -0.05) is 0 Å². The summed E-state index contributed by atoms with van der Waals surface area (Å²) in [6, 6.07) is 1.56. The molecule has 0 saturated carbocycles. The molecule has 1 aromatic rings. The first-order valence-corrected chi connectivity index (χ1v) is 5.21. The number of aliphatic hydroxyl groups excluding tert-OH is 2. The minimum atomic E-state index is -1.19. The molecular formula is C10H14ClNO3. The predicted molar refractivity (Wildman–Crippen MR) is 58.1 cm³/mol. The van der Waals surface area contributed by atoms with E-state index in [1.165, 1.54) is 0 Å². The van der Waals surface area contributed by atoms with Gasteiger partial charge in [0.05, 0.1) is 6.10 Å². The highest BCUT2D eigenvalue weighted by Gasteiger charge is 2.20. The summed E-state index contributed by atoms with van der Waals surface area (Å²) in [5, 5.41) is 19.2. The Morgan fingerprint density at radius 2 is 2.20 bits per heavy atom. The fourth-order valence-electron chi connectivity index (χ4n) is 1.31. The number of aliphatic hydroxyl groups is 2. The summed E-state index contributed by atoms with van der Waals surface area (Å²) in [6.45, 7) is 1.79. The molecule has 1 aromatic heterocycles. The summed E-state index contributed by atoms with van der Waals surface area (Å²) < 4.78 is 0. The molecule has 5 heteroatoms.